The van der Waals surface area contributed by atoms with E-state index >= 15 is 0 Å². The van der Waals surface area contributed by atoms with Crippen LogP contribution in [0.4, 0.5) is 10.8 Å². The molecule has 0 radical (unpaired) electrons. The first-order valence-electron chi connectivity index (χ1n) is 6.52. The Balaban J connectivity index is 2.23. The van der Waals surface area contributed by atoms with Crippen molar-refractivity contribution in [3.05, 3.63) is 34.8 Å². The summed E-state index contributed by atoms with van der Waals surface area (Å²) in [6.45, 7) is 6.23. The Morgan fingerprint density at radius 1 is 1.38 bits per heavy atom. The quantitative estimate of drug-likeness (QED) is 0.853. The van der Waals surface area contributed by atoms with E-state index in [2.05, 4.69) is 31.1 Å². The zero-order chi connectivity index (χ0) is 15.6. The van der Waals surface area contributed by atoms with Gasteiger partial charge in [0, 0.05) is 10.8 Å². The van der Waals surface area contributed by atoms with Gasteiger partial charge in [0.15, 0.2) is 10.9 Å². The number of nitrogens with two attached hydrogens (primary N) is 1. The van der Waals surface area contributed by atoms with Gasteiger partial charge in [0.2, 0.25) is 0 Å². The van der Waals surface area contributed by atoms with Crippen LogP contribution < -0.4 is 15.8 Å². The van der Waals surface area contributed by atoms with E-state index in [4.69, 9.17) is 10.5 Å². The van der Waals surface area contributed by atoms with E-state index in [9.17, 15) is 4.79 Å². The molecule has 0 atom stereocenters. The van der Waals surface area contributed by atoms with Gasteiger partial charge in [-0.15, -0.1) is 11.3 Å². The lowest BCUT2D eigenvalue weighted by atomic mass is 9.93. The number of rotatable bonds is 3. The number of para-hydroxylation sites is 1. The number of ether oxygens (including phenoxy) is 1. The van der Waals surface area contributed by atoms with Crippen LogP contribution in [0.3, 0.4) is 0 Å². The number of hydrogen-bond acceptors (Lipinski definition) is 5. The molecule has 0 spiro atoms. The van der Waals surface area contributed by atoms with Crippen LogP contribution in [0, 0.1) is 0 Å². The number of benzene rings is 1. The van der Waals surface area contributed by atoms with Crippen molar-refractivity contribution >= 4 is 28.1 Å². The van der Waals surface area contributed by atoms with Crippen molar-refractivity contribution < 1.29 is 9.53 Å². The van der Waals surface area contributed by atoms with Gasteiger partial charge in [0.05, 0.1) is 24.1 Å². The Morgan fingerprint density at radius 2 is 2.10 bits per heavy atom. The third kappa shape index (κ3) is 3.33. The highest BCUT2D eigenvalue weighted by Crippen LogP contribution is 2.29. The second-order valence-corrected chi connectivity index (χ2v) is 6.53. The highest BCUT2D eigenvalue weighted by Gasteiger charge is 2.20. The molecule has 1 heterocycles. The molecule has 0 aliphatic rings. The van der Waals surface area contributed by atoms with E-state index in [1.807, 2.05) is 5.38 Å². The molecule has 2 rings (SSSR count). The summed E-state index contributed by atoms with van der Waals surface area (Å²) in [5.41, 5.74) is 7.53. The molecular formula is C15H19N3O2S. The molecule has 1 amide bonds. The predicted molar refractivity (Wildman–Crippen MR) is 86.2 cm³/mol. The predicted octanol–water partition coefficient (Wildman–Crippen LogP) is 3.28. The van der Waals surface area contributed by atoms with Gasteiger partial charge in [0.1, 0.15) is 0 Å². The number of nitrogen functional groups attached to an aromatic ring is 1. The maximum Gasteiger partial charge on any atom is 0.261 e. The summed E-state index contributed by atoms with van der Waals surface area (Å²) in [5.74, 6) is 0.0940. The number of aromatic nitrogens is 1. The number of carbonyl (C=O) groups is 1. The SMILES string of the molecule is COc1c(N)cccc1C(=O)Nc1nc(C(C)(C)C)cs1. The van der Waals surface area contributed by atoms with E-state index in [0.29, 0.717) is 22.1 Å². The third-order valence-corrected chi connectivity index (χ3v) is 3.75. The second-order valence-electron chi connectivity index (χ2n) is 5.67. The average molecular weight is 305 g/mol. The van der Waals surface area contributed by atoms with Crippen LogP contribution in [0.1, 0.15) is 36.8 Å². The smallest absolute Gasteiger partial charge is 0.261 e. The van der Waals surface area contributed by atoms with Crippen LogP contribution >= 0.6 is 11.3 Å². The number of carbonyl (C=O) groups excluding carboxylic acids is 1. The largest absolute Gasteiger partial charge is 0.494 e. The molecular weight excluding hydrogens is 286 g/mol. The van der Waals surface area contributed by atoms with E-state index in [-0.39, 0.29) is 11.3 Å². The Labute approximate surface area is 128 Å². The van der Waals surface area contributed by atoms with E-state index in [0.717, 1.165) is 5.69 Å². The number of methoxy groups -OCH3 is 1. The van der Waals surface area contributed by atoms with Crippen molar-refractivity contribution in [1.82, 2.24) is 4.98 Å². The normalized spacial score (nSPS) is 11.2. The van der Waals surface area contributed by atoms with Gasteiger partial charge in [-0.3, -0.25) is 10.1 Å². The minimum Gasteiger partial charge on any atom is -0.494 e. The van der Waals surface area contributed by atoms with Crippen molar-refractivity contribution in [3.63, 3.8) is 0 Å². The van der Waals surface area contributed by atoms with E-state index in [1.165, 1.54) is 18.4 Å². The first-order chi connectivity index (χ1) is 9.82. The number of nitrogens with one attached hydrogen (secondary N) is 1. The molecule has 1 aromatic heterocycles. The van der Waals surface area contributed by atoms with E-state index in [1.54, 1.807) is 18.2 Å². The maximum absolute atomic E-state index is 12.3. The van der Waals surface area contributed by atoms with Gasteiger partial charge in [-0.1, -0.05) is 26.8 Å². The number of anilines is 2. The van der Waals surface area contributed by atoms with Gasteiger partial charge in [0.25, 0.3) is 5.91 Å². The molecule has 1 aromatic carbocycles. The third-order valence-electron chi connectivity index (χ3n) is 2.99. The fraction of sp³-hybridized carbons (Fsp3) is 0.333. The Kier molecular flexibility index (Phi) is 4.18. The first-order valence-corrected chi connectivity index (χ1v) is 7.40. The Hall–Kier alpha value is -2.08. The zero-order valence-corrected chi connectivity index (χ0v) is 13.4. The standard InChI is InChI=1S/C15H19N3O2S/c1-15(2,3)11-8-21-14(17-11)18-13(19)9-6-5-7-10(16)12(9)20-4/h5-8H,16H2,1-4H3,(H,17,18,19). The topological polar surface area (TPSA) is 77.2 Å². The summed E-state index contributed by atoms with van der Waals surface area (Å²) < 4.78 is 5.19. The van der Waals surface area contributed by atoms with Crippen LogP contribution in [-0.2, 0) is 5.41 Å². The second kappa shape index (κ2) is 5.73. The number of nitrogens with zero attached hydrogens (tertiary/aromatic N) is 1. The van der Waals surface area contributed by atoms with Gasteiger partial charge >= 0.3 is 0 Å². The molecule has 0 fully saturated rings. The van der Waals surface area contributed by atoms with Gasteiger partial charge < -0.3 is 10.5 Å². The van der Waals surface area contributed by atoms with Crippen LogP contribution in [-0.4, -0.2) is 18.0 Å². The summed E-state index contributed by atoms with van der Waals surface area (Å²) in [6.07, 6.45) is 0. The van der Waals surface area contributed by atoms with Crippen molar-refractivity contribution in [1.29, 1.82) is 0 Å². The molecule has 3 N–H and O–H groups in total. The molecule has 0 aliphatic heterocycles. The monoisotopic (exact) mass is 305 g/mol. The van der Waals surface area contributed by atoms with Crippen LogP contribution in [0.5, 0.6) is 5.75 Å². The summed E-state index contributed by atoms with van der Waals surface area (Å²) in [4.78, 5) is 16.8. The lowest BCUT2D eigenvalue weighted by Crippen LogP contribution is -2.15. The summed E-state index contributed by atoms with van der Waals surface area (Å²) >= 11 is 1.40. The molecule has 6 heteroatoms. The minimum absolute atomic E-state index is 0.0473. The molecule has 0 aliphatic carbocycles. The van der Waals surface area contributed by atoms with Crippen LogP contribution in [0.25, 0.3) is 0 Å². The molecule has 5 nitrogen and oxygen atoms in total. The molecule has 0 saturated carbocycles. The fourth-order valence-corrected chi connectivity index (χ4v) is 2.73. The molecule has 21 heavy (non-hydrogen) atoms. The van der Waals surface area contributed by atoms with Gasteiger partial charge in [-0.25, -0.2) is 4.98 Å². The lowest BCUT2D eigenvalue weighted by molar-refractivity contribution is 0.102. The number of thiazole rings is 1. The lowest BCUT2D eigenvalue weighted by Gasteiger charge is -2.14. The highest BCUT2D eigenvalue weighted by molar-refractivity contribution is 7.14. The van der Waals surface area contributed by atoms with Gasteiger partial charge in [-0.2, -0.15) is 0 Å². The minimum atomic E-state index is -0.283. The average Bonchev–Trinajstić information content (AvgIpc) is 2.86. The Bertz CT molecular complexity index is 659. The maximum atomic E-state index is 12.3. The summed E-state index contributed by atoms with van der Waals surface area (Å²) in [7, 11) is 1.49. The molecule has 0 bridgehead atoms. The zero-order valence-electron chi connectivity index (χ0n) is 12.6. The van der Waals surface area contributed by atoms with Crippen molar-refractivity contribution in [2.75, 3.05) is 18.2 Å². The van der Waals surface area contributed by atoms with Crippen molar-refractivity contribution in [3.8, 4) is 5.75 Å². The Morgan fingerprint density at radius 3 is 2.67 bits per heavy atom. The number of hydrogen-bond donors (Lipinski definition) is 2. The first kappa shape index (κ1) is 15.3. The van der Waals surface area contributed by atoms with Crippen molar-refractivity contribution in [2.24, 2.45) is 0 Å². The molecule has 0 unspecified atom stereocenters. The summed E-state index contributed by atoms with van der Waals surface area (Å²) in [5, 5.41) is 5.30. The fourth-order valence-electron chi connectivity index (χ4n) is 1.80. The van der Waals surface area contributed by atoms with Crippen molar-refractivity contribution in [2.45, 2.75) is 26.2 Å². The molecule has 112 valence electrons. The van der Waals surface area contributed by atoms with Gasteiger partial charge in [-0.05, 0) is 12.1 Å². The van der Waals surface area contributed by atoms with Crippen LogP contribution in [0.2, 0.25) is 0 Å². The number of amides is 1. The van der Waals surface area contributed by atoms with Crippen LogP contribution in [0.15, 0.2) is 23.6 Å². The highest BCUT2D eigenvalue weighted by atomic mass is 32.1. The molecule has 0 saturated heterocycles. The summed E-state index contributed by atoms with van der Waals surface area (Å²) in [6, 6.07) is 5.08. The molecule has 2 aromatic rings. The van der Waals surface area contributed by atoms with E-state index < -0.39 is 0 Å².